The second-order valence-electron chi connectivity index (χ2n) is 9.64. The summed E-state index contributed by atoms with van der Waals surface area (Å²) in [7, 11) is -4.16. The summed E-state index contributed by atoms with van der Waals surface area (Å²) in [6.07, 6.45) is 0.888. The lowest BCUT2D eigenvalue weighted by molar-refractivity contribution is -0.139. The van der Waals surface area contributed by atoms with Crippen LogP contribution in [0.3, 0.4) is 0 Å². The standard InChI is InChI=1S/C31H39N3O5S/c1-5-27(31(36)32-24(3)4)33(22-21-25-15-9-7-10-16-25)30(35)23-34(28-19-13-14-20-29(28)39-6-2)40(37,38)26-17-11-8-12-18-26/h7-20,24,27H,5-6,21-23H2,1-4H3,(H,32,36)/t27-/m1/s1. The van der Waals surface area contributed by atoms with Crippen LogP contribution in [-0.2, 0) is 26.0 Å². The number of amides is 2. The fourth-order valence-corrected chi connectivity index (χ4v) is 5.90. The van der Waals surface area contributed by atoms with Crippen LogP contribution < -0.4 is 14.4 Å². The normalized spacial score (nSPS) is 12.0. The van der Waals surface area contributed by atoms with Crippen molar-refractivity contribution in [3.05, 3.63) is 90.5 Å². The first kappa shape index (κ1) is 30.7. The maximum absolute atomic E-state index is 14.1. The number of carbonyl (C=O) groups excluding carboxylic acids is 2. The summed E-state index contributed by atoms with van der Waals surface area (Å²) >= 11 is 0. The molecule has 0 unspecified atom stereocenters. The van der Waals surface area contributed by atoms with E-state index in [1.165, 1.54) is 17.0 Å². The molecule has 3 aromatic rings. The summed E-state index contributed by atoms with van der Waals surface area (Å²) in [5.74, 6) is -0.406. The Kier molecular flexibility index (Phi) is 11.1. The van der Waals surface area contributed by atoms with Crippen LogP contribution in [0.1, 0.15) is 39.7 Å². The molecule has 8 nitrogen and oxygen atoms in total. The number of rotatable bonds is 14. The highest BCUT2D eigenvalue weighted by molar-refractivity contribution is 7.92. The molecule has 0 fully saturated rings. The zero-order valence-corrected chi connectivity index (χ0v) is 24.4. The zero-order chi connectivity index (χ0) is 29.1. The Bertz CT molecular complexity index is 1350. The lowest BCUT2D eigenvalue weighted by atomic mass is 10.1. The number of benzene rings is 3. The van der Waals surface area contributed by atoms with Gasteiger partial charge in [0.15, 0.2) is 0 Å². The summed E-state index contributed by atoms with van der Waals surface area (Å²) in [4.78, 5) is 28.8. The van der Waals surface area contributed by atoms with E-state index in [-0.39, 0.29) is 29.1 Å². The van der Waals surface area contributed by atoms with Gasteiger partial charge in [-0.1, -0.05) is 67.6 Å². The van der Waals surface area contributed by atoms with Crippen LogP contribution in [0.15, 0.2) is 89.8 Å². The molecule has 2 amide bonds. The molecular weight excluding hydrogens is 526 g/mol. The van der Waals surface area contributed by atoms with Gasteiger partial charge in [0.05, 0.1) is 17.2 Å². The minimum absolute atomic E-state index is 0.0505. The van der Waals surface area contributed by atoms with Gasteiger partial charge >= 0.3 is 0 Å². The van der Waals surface area contributed by atoms with E-state index in [0.29, 0.717) is 25.2 Å². The van der Waals surface area contributed by atoms with Gasteiger partial charge in [-0.15, -0.1) is 0 Å². The van der Waals surface area contributed by atoms with Crippen molar-refractivity contribution < 1.29 is 22.7 Å². The van der Waals surface area contributed by atoms with Crippen molar-refractivity contribution in [2.75, 3.05) is 24.0 Å². The summed E-state index contributed by atoms with van der Waals surface area (Å²) in [5, 5.41) is 2.91. The molecule has 0 saturated heterocycles. The quantitative estimate of drug-likeness (QED) is 0.307. The monoisotopic (exact) mass is 565 g/mol. The largest absolute Gasteiger partial charge is 0.492 e. The lowest BCUT2D eigenvalue weighted by Gasteiger charge is -2.34. The highest BCUT2D eigenvalue weighted by Gasteiger charge is 2.34. The second kappa shape index (κ2) is 14.5. The molecule has 0 spiro atoms. The molecule has 0 aliphatic rings. The first-order chi connectivity index (χ1) is 19.2. The molecule has 0 aliphatic carbocycles. The number of carbonyl (C=O) groups is 2. The van der Waals surface area contributed by atoms with Crippen LogP contribution in [0, 0.1) is 0 Å². The van der Waals surface area contributed by atoms with Crippen molar-refractivity contribution in [2.24, 2.45) is 0 Å². The smallest absolute Gasteiger partial charge is 0.264 e. The van der Waals surface area contributed by atoms with Gasteiger partial charge in [-0.3, -0.25) is 13.9 Å². The van der Waals surface area contributed by atoms with Crippen LogP contribution in [0.2, 0.25) is 0 Å². The second-order valence-corrected chi connectivity index (χ2v) is 11.5. The van der Waals surface area contributed by atoms with E-state index in [1.54, 1.807) is 42.5 Å². The van der Waals surface area contributed by atoms with Crippen LogP contribution in [0.5, 0.6) is 5.75 Å². The zero-order valence-electron chi connectivity index (χ0n) is 23.6. The summed E-state index contributed by atoms with van der Waals surface area (Å²) in [6, 6.07) is 23.5. The van der Waals surface area contributed by atoms with Gasteiger partial charge in [0.25, 0.3) is 10.0 Å². The fourth-order valence-electron chi connectivity index (χ4n) is 4.45. The minimum atomic E-state index is -4.16. The number of anilines is 1. The Morgan fingerprint density at radius 1 is 0.875 bits per heavy atom. The number of sulfonamides is 1. The lowest BCUT2D eigenvalue weighted by Crippen LogP contribution is -2.54. The molecule has 1 N–H and O–H groups in total. The fraction of sp³-hybridized carbons (Fsp3) is 0.355. The average Bonchev–Trinajstić information content (AvgIpc) is 2.95. The van der Waals surface area contributed by atoms with Gasteiger partial charge in [0, 0.05) is 12.6 Å². The number of ether oxygens (including phenoxy) is 1. The van der Waals surface area contributed by atoms with E-state index in [4.69, 9.17) is 4.74 Å². The summed E-state index contributed by atoms with van der Waals surface area (Å²) < 4.78 is 34.8. The van der Waals surface area contributed by atoms with Gasteiger partial charge in [0.1, 0.15) is 18.3 Å². The SMILES string of the molecule is CCOc1ccccc1N(CC(=O)N(CCc1ccccc1)[C@H](CC)C(=O)NC(C)C)S(=O)(=O)c1ccccc1. The Balaban J connectivity index is 2.05. The van der Waals surface area contributed by atoms with Crippen molar-refractivity contribution in [2.45, 2.75) is 57.5 Å². The van der Waals surface area contributed by atoms with Crippen molar-refractivity contribution >= 4 is 27.5 Å². The Morgan fingerprint density at radius 3 is 2.08 bits per heavy atom. The predicted molar refractivity (Wildman–Crippen MR) is 158 cm³/mol. The molecular formula is C31H39N3O5S. The van der Waals surface area contributed by atoms with E-state index in [0.717, 1.165) is 9.87 Å². The molecule has 0 saturated carbocycles. The van der Waals surface area contributed by atoms with Gasteiger partial charge in [-0.05, 0) is 63.4 Å². The molecule has 0 aromatic heterocycles. The van der Waals surface area contributed by atoms with E-state index >= 15 is 0 Å². The maximum Gasteiger partial charge on any atom is 0.264 e. The number of para-hydroxylation sites is 2. The topological polar surface area (TPSA) is 96.0 Å². The third-order valence-electron chi connectivity index (χ3n) is 6.34. The van der Waals surface area contributed by atoms with Gasteiger partial charge in [0.2, 0.25) is 11.8 Å². The maximum atomic E-state index is 14.1. The number of nitrogens with one attached hydrogen (secondary N) is 1. The van der Waals surface area contributed by atoms with Crippen molar-refractivity contribution in [3.8, 4) is 5.75 Å². The van der Waals surface area contributed by atoms with Crippen LogP contribution in [-0.4, -0.2) is 56.9 Å². The third kappa shape index (κ3) is 7.85. The molecule has 3 aromatic carbocycles. The molecule has 0 radical (unpaired) electrons. The van der Waals surface area contributed by atoms with E-state index in [1.807, 2.05) is 58.0 Å². The van der Waals surface area contributed by atoms with E-state index in [2.05, 4.69) is 5.32 Å². The highest BCUT2D eigenvalue weighted by Crippen LogP contribution is 2.32. The molecule has 0 bridgehead atoms. The van der Waals surface area contributed by atoms with E-state index in [9.17, 15) is 18.0 Å². The first-order valence-corrected chi connectivity index (χ1v) is 15.1. The first-order valence-electron chi connectivity index (χ1n) is 13.6. The van der Waals surface area contributed by atoms with Crippen LogP contribution in [0.25, 0.3) is 0 Å². The third-order valence-corrected chi connectivity index (χ3v) is 8.12. The Morgan fingerprint density at radius 2 is 1.48 bits per heavy atom. The van der Waals surface area contributed by atoms with Crippen molar-refractivity contribution in [1.82, 2.24) is 10.2 Å². The van der Waals surface area contributed by atoms with E-state index < -0.39 is 28.5 Å². The predicted octanol–water partition coefficient (Wildman–Crippen LogP) is 4.66. The Hall–Kier alpha value is -3.85. The minimum Gasteiger partial charge on any atom is -0.492 e. The average molecular weight is 566 g/mol. The van der Waals surface area contributed by atoms with Gasteiger partial charge in [-0.25, -0.2) is 8.42 Å². The van der Waals surface area contributed by atoms with Gasteiger partial charge < -0.3 is 15.0 Å². The summed E-state index contributed by atoms with van der Waals surface area (Å²) in [6.45, 7) is 7.44. The number of hydrogen-bond donors (Lipinski definition) is 1. The number of nitrogens with zero attached hydrogens (tertiary/aromatic N) is 2. The molecule has 0 aliphatic heterocycles. The van der Waals surface area contributed by atoms with Crippen LogP contribution in [0.4, 0.5) is 5.69 Å². The highest BCUT2D eigenvalue weighted by atomic mass is 32.2. The molecule has 214 valence electrons. The molecule has 3 rings (SSSR count). The van der Waals surface area contributed by atoms with Crippen molar-refractivity contribution in [3.63, 3.8) is 0 Å². The van der Waals surface area contributed by atoms with Crippen LogP contribution >= 0.6 is 0 Å². The molecule has 0 heterocycles. The molecule has 40 heavy (non-hydrogen) atoms. The van der Waals surface area contributed by atoms with Crippen molar-refractivity contribution in [1.29, 1.82) is 0 Å². The summed E-state index contributed by atoms with van der Waals surface area (Å²) in [5.41, 5.74) is 1.26. The Labute approximate surface area is 238 Å². The number of hydrogen-bond acceptors (Lipinski definition) is 5. The molecule has 9 heteroatoms. The molecule has 1 atom stereocenters. The van der Waals surface area contributed by atoms with Gasteiger partial charge in [-0.2, -0.15) is 0 Å².